The van der Waals surface area contributed by atoms with E-state index in [9.17, 15) is 4.79 Å². The van der Waals surface area contributed by atoms with Crippen molar-refractivity contribution in [1.82, 2.24) is 9.78 Å². The maximum absolute atomic E-state index is 10.3. The summed E-state index contributed by atoms with van der Waals surface area (Å²) in [6, 6.07) is 3.38. The largest absolute Gasteiger partial charge is 0.453 e. The summed E-state index contributed by atoms with van der Waals surface area (Å²) in [6.07, 6.45) is 4.20. The lowest BCUT2D eigenvalue weighted by Gasteiger charge is -1.87. The predicted molar refractivity (Wildman–Crippen MR) is 46.3 cm³/mol. The first-order valence-corrected chi connectivity index (χ1v) is 3.83. The van der Waals surface area contributed by atoms with Gasteiger partial charge in [-0.2, -0.15) is 5.10 Å². The topological polar surface area (TPSA) is 48.0 Å². The standard InChI is InChI=1S/C9H8N2O2/c1-11-5-7(4-10-11)9-3-2-8(6-12)13-9/h2-6H,1H3. The van der Waals surface area contributed by atoms with Gasteiger partial charge in [0.05, 0.1) is 11.8 Å². The molecule has 0 aromatic carbocycles. The molecule has 4 heteroatoms. The first-order valence-electron chi connectivity index (χ1n) is 3.83. The summed E-state index contributed by atoms with van der Waals surface area (Å²) in [4.78, 5) is 10.3. The molecule has 2 aromatic rings. The van der Waals surface area contributed by atoms with Gasteiger partial charge < -0.3 is 4.42 Å². The SMILES string of the molecule is Cn1cc(-c2ccc(C=O)o2)cn1. The molecule has 0 spiro atoms. The van der Waals surface area contributed by atoms with Gasteiger partial charge in [0.25, 0.3) is 0 Å². The Morgan fingerprint density at radius 1 is 1.54 bits per heavy atom. The lowest BCUT2D eigenvalue weighted by molar-refractivity contribution is 0.110. The predicted octanol–water partition coefficient (Wildman–Crippen LogP) is 1.49. The fraction of sp³-hybridized carbons (Fsp3) is 0.111. The molecule has 2 heterocycles. The van der Waals surface area contributed by atoms with Crippen LogP contribution in [0.15, 0.2) is 28.9 Å². The van der Waals surface area contributed by atoms with E-state index in [2.05, 4.69) is 5.10 Å². The first kappa shape index (κ1) is 7.79. The van der Waals surface area contributed by atoms with Crippen molar-refractivity contribution >= 4 is 6.29 Å². The molecule has 0 bridgehead atoms. The maximum Gasteiger partial charge on any atom is 0.185 e. The average Bonchev–Trinajstić information content (AvgIpc) is 2.71. The summed E-state index contributed by atoms with van der Waals surface area (Å²) in [5, 5.41) is 4.00. The minimum Gasteiger partial charge on any atom is -0.453 e. The third-order valence-electron chi connectivity index (χ3n) is 1.73. The molecule has 0 saturated heterocycles. The van der Waals surface area contributed by atoms with Crippen LogP contribution in [0.5, 0.6) is 0 Å². The lowest BCUT2D eigenvalue weighted by atomic mass is 10.3. The summed E-state index contributed by atoms with van der Waals surface area (Å²) in [5.41, 5.74) is 0.871. The van der Waals surface area contributed by atoms with Crippen LogP contribution >= 0.6 is 0 Å². The molecule has 0 N–H and O–H groups in total. The second kappa shape index (κ2) is 2.90. The van der Waals surface area contributed by atoms with Crippen molar-refractivity contribution in [2.45, 2.75) is 0 Å². The van der Waals surface area contributed by atoms with Gasteiger partial charge in [-0.1, -0.05) is 0 Å². The van der Waals surface area contributed by atoms with Crippen molar-refractivity contribution in [3.63, 3.8) is 0 Å². The number of rotatable bonds is 2. The van der Waals surface area contributed by atoms with E-state index >= 15 is 0 Å². The van der Waals surface area contributed by atoms with E-state index in [0.29, 0.717) is 17.8 Å². The molecule has 0 unspecified atom stereocenters. The normalized spacial score (nSPS) is 10.2. The van der Waals surface area contributed by atoms with E-state index in [-0.39, 0.29) is 0 Å². The first-order chi connectivity index (χ1) is 6.29. The number of nitrogens with zero attached hydrogens (tertiary/aromatic N) is 2. The third-order valence-corrected chi connectivity index (χ3v) is 1.73. The van der Waals surface area contributed by atoms with Crippen LogP contribution in [-0.4, -0.2) is 16.1 Å². The maximum atomic E-state index is 10.3. The highest BCUT2D eigenvalue weighted by Gasteiger charge is 2.05. The van der Waals surface area contributed by atoms with Gasteiger partial charge in [0.15, 0.2) is 12.0 Å². The minimum atomic E-state index is 0.332. The third kappa shape index (κ3) is 1.38. The molecular weight excluding hydrogens is 168 g/mol. The molecule has 0 fully saturated rings. The van der Waals surface area contributed by atoms with Crippen LogP contribution in [0.3, 0.4) is 0 Å². The molecule has 13 heavy (non-hydrogen) atoms. The van der Waals surface area contributed by atoms with Gasteiger partial charge in [0.2, 0.25) is 0 Å². The molecule has 0 aliphatic heterocycles. The summed E-state index contributed by atoms with van der Waals surface area (Å²) >= 11 is 0. The quantitative estimate of drug-likeness (QED) is 0.651. The molecular formula is C9H8N2O2. The van der Waals surface area contributed by atoms with Crippen molar-refractivity contribution in [1.29, 1.82) is 0 Å². The summed E-state index contributed by atoms with van der Waals surface area (Å²) in [5.74, 6) is 0.994. The summed E-state index contributed by atoms with van der Waals surface area (Å²) < 4.78 is 6.89. The van der Waals surface area contributed by atoms with E-state index in [1.807, 2.05) is 13.2 Å². The van der Waals surface area contributed by atoms with Gasteiger partial charge >= 0.3 is 0 Å². The van der Waals surface area contributed by atoms with Crippen LogP contribution in [0.25, 0.3) is 11.3 Å². The molecule has 0 atom stereocenters. The number of hydrogen-bond acceptors (Lipinski definition) is 3. The molecule has 2 aromatic heterocycles. The van der Waals surface area contributed by atoms with Crippen LogP contribution in [-0.2, 0) is 7.05 Å². The number of furan rings is 1. The highest BCUT2D eigenvalue weighted by Crippen LogP contribution is 2.20. The Balaban J connectivity index is 2.40. The fourth-order valence-electron chi connectivity index (χ4n) is 1.12. The Morgan fingerprint density at radius 2 is 2.38 bits per heavy atom. The van der Waals surface area contributed by atoms with Gasteiger partial charge in [0.1, 0.15) is 5.76 Å². The number of carbonyl (C=O) groups excluding carboxylic acids is 1. The Hall–Kier alpha value is -1.84. The van der Waals surface area contributed by atoms with Crippen molar-refractivity contribution in [3.8, 4) is 11.3 Å². The minimum absolute atomic E-state index is 0.332. The molecule has 0 aliphatic carbocycles. The van der Waals surface area contributed by atoms with Gasteiger partial charge in [0, 0.05) is 13.2 Å². The number of hydrogen-bond donors (Lipinski definition) is 0. The van der Waals surface area contributed by atoms with Gasteiger partial charge in [-0.15, -0.1) is 0 Å². The monoisotopic (exact) mass is 176 g/mol. The van der Waals surface area contributed by atoms with E-state index in [1.165, 1.54) is 0 Å². The van der Waals surface area contributed by atoms with Crippen molar-refractivity contribution in [3.05, 3.63) is 30.3 Å². The van der Waals surface area contributed by atoms with Crippen LogP contribution in [0.4, 0.5) is 0 Å². The van der Waals surface area contributed by atoms with Crippen molar-refractivity contribution < 1.29 is 9.21 Å². The van der Waals surface area contributed by atoms with Gasteiger partial charge in [-0.25, -0.2) is 0 Å². The fourth-order valence-corrected chi connectivity index (χ4v) is 1.12. The number of aldehydes is 1. The lowest BCUT2D eigenvalue weighted by Crippen LogP contribution is -1.83. The second-order valence-corrected chi connectivity index (χ2v) is 2.72. The Morgan fingerprint density at radius 3 is 2.92 bits per heavy atom. The Kier molecular flexibility index (Phi) is 1.73. The van der Waals surface area contributed by atoms with E-state index < -0.39 is 0 Å². The average molecular weight is 176 g/mol. The molecule has 0 radical (unpaired) electrons. The molecule has 0 amide bonds. The van der Waals surface area contributed by atoms with Crippen LogP contribution in [0, 0.1) is 0 Å². The number of aromatic nitrogens is 2. The van der Waals surface area contributed by atoms with E-state index in [4.69, 9.17) is 4.42 Å². The van der Waals surface area contributed by atoms with Gasteiger partial charge in [-0.05, 0) is 12.1 Å². The Bertz CT molecular complexity index is 428. The molecule has 4 nitrogen and oxygen atoms in total. The van der Waals surface area contributed by atoms with Crippen LogP contribution in [0.1, 0.15) is 10.6 Å². The zero-order valence-electron chi connectivity index (χ0n) is 7.10. The summed E-state index contributed by atoms with van der Waals surface area (Å²) in [7, 11) is 1.83. The summed E-state index contributed by atoms with van der Waals surface area (Å²) in [6.45, 7) is 0. The number of carbonyl (C=O) groups is 1. The highest BCUT2D eigenvalue weighted by molar-refractivity contribution is 5.72. The zero-order chi connectivity index (χ0) is 9.26. The Labute approximate surface area is 74.8 Å². The second-order valence-electron chi connectivity index (χ2n) is 2.72. The molecule has 0 aliphatic rings. The zero-order valence-corrected chi connectivity index (χ0v) is 7.10. The molecule has 2 rings (SSSR count). The smallest absolute Gasteiger partial charge is 0.185 e. The van der Waals surface area contributed by atoms with Crippen molar-refractivity contribution in [2.75, 3.05) is 0 Å². The van der Waals surface area contributed by atoms with Crippen molar-refractivity contribution in [2.24, 2.45) is 7.05 Å². The highest BCUT2D eigenvalue weighted by atomic mass is 16.3. The molecule has 0 saturated carbocycles. The molecule has 66 valence electrons. The van der Waals surface area contributed by atoms with E-state index in [1.54, 1.807) is 23.0 Å². The van der Waals surface area contributed by atoms with Gasteiger partial charge in [-0.3, -0.25) is 9.48 Å². The van der Waals surface area contributed by atoms with Crippen LogP contribution < -0.4 is 0 Å². The van der Waals surface area contributed by atoms with E-state index in [0.717, 1.165) is 5.56 Å². The number of aryl methyl sites for hydroxylation is 1. The van der Waals surface area contributed by atoms with Crippen LogP contribution in [0.2, 0.25) is 0 Å².